The molecule has 0 bridgehead atoms. The van der Waals surface area contributed by atoms with Crippen LogP contribution in [0.25, 0.3) is 0 Å². The molecular weight excluding hydrogens is 474 g/mol. The second kappa shape index (κ2) is 11.2. The molecule has 1 aliphatic heterocycles. The first kappa shape index (κ1) is 25.0. The number of rotatable bonds is 9. The van der Waals surface area contributed by atoms with Gasteiger partial charge in [0.2, 0.25) is 0 Å². The Balaban J connectivity index is 1.49. The summed E-state index contributed by atoms with van der Waals surface area (Å²) in [6, 6.07) is 39.8. The molecule has 1 aliphatic rings. The Morgan fingerprint density at radius 1 is 0.757 bits per heavy atom. The summed E-state index contributed by atoms with van der Waals surface area (Å²) in [6.45, 7) is 4.33. The molecule has 0 saturated carbocycles. The average Bonchev–Trinajstić information content (AvgIpc) is 2.95. The van der Waals surface area contributed by atoms with Crippen molar-refractivity contribution >= 4 is 35.5 Å². The number of hydrogen-bond donors (Lipinski definition) is 0. The molecule has 0 aromatic heterocycles. The SMILES string of the molecule is CC[C@H]1C(=Nc2ccc(OC)cc2)O[C@H]1[C@H](C)O[Si](c1ccccc1)(c1ccccc1)c1ccccc1. The molecular formula is C32H33NO3Si. The van der Waals surface area contributed by atoms with E-state index in [1.807, 2.05) is 24.3 Å². The van der Waals surface area contributed by atoms with Gasteiger partial charge in [0.05, 0.1) is 24.8 Å². The van der Waals surface area contributed by atoms with Crippen molar-refractivity contribution in [3.05, 3.63) is 115 Å². The first-order valence-corrected chi connectivity index (χ1v) is 14.8. The van der Waals surface area contributed by atoms with Crippen molar-refractivity contribution in [3.8, 4) is 5.75 Å². The van der Waals surface area contributed by atoms with Crippen LogP contribution in [0.5, 0.6) is 5.75 Å². The highest BCUT2D eigenvalue weighted by atomic mass is 28.4. The van der Waals surface area contributed by atoms with Gasteiger partial charge < -0.3 is 13.9 Å². The average molecular weight is 508 g/mol. The van der Waals surface area contributed by atoms with E-state index in [-0.39, 0.29) is 18.1 Å². The number of aliphatic imine (C=N–C) groups is 1. The van der Waals surface area contributed by atoms with Crippen LogP contribution in [0.2, 0.25) is 0 Å². The minimum atomic E-state index is -2.81. The third-order valence-corrected chi connectivity index (χ3v) is 11.3. The van der Waals surface area contributed by atoms with E-state index in [1.54, 1.807) is 7.11 Å². The molecule has 188 valence electrons. The summed E-state index contributed by atoms with van der Waals surface area (Å²) in [5.74, 6) is 1.79. The highest BCUT2D eigenvalue weighted by Gasteiger charge is 2.49. The molecule has 0 spiro atoms. The zero-order valence-corrected chi connectivity index (χ0v) is 22.6. The quantitative estimate of drug-likeness (QED) is 0.230. The van der Waals surface area contributed by atoms with Crippen LogP contribution in [0, 0.1) is 5.92 Å². The van der Waals surface area contributed by atoms with E-state index in [2.05, 4.69) is 105 Å². The van der Waals surface area contributed by atoms with Crippen molar-refractivity contribution in [1.29, 1.82) is 0 Å². The highest BCUT2D eigenvalue weighted by Crippen LogP contribution is 2.34. The maximum Gasteiger partial charge on any atom is 0.288 e. The first-order valence-electron chi connectivity index (χ1n) is 12.9. The van der Waals surface area contributed by atoms with Crippen molar-refractivity contribution in [2.75, 3.05) is 7.11 Å². The highest BCUT2D eigenvalue weighted by molar-refractivity contribution is 7.07. The van der Waals surface area contributed by atoms with Gasteiger partial charge in [-0.3, -0.25) is 0 Å². The summed E-state index contributed by atoms with van der Waals surface area (Å²) in [6.07, 6.45) is 0.737. The van der Waals surface area contributed by atoms with Crippen molar-refractivity contribution in [1.82, 2.24) is 0 Å². The lowest BCUT2D eigenvalue weighted by Crippen LogP contribution is -2.71. The molecule has 5 rings (SSSR count). The van der Waals surface area contributed by atoms with E-state index in [1.165, 1.54) is 15.6 Å². The third kappa shape index (κ3) is 4.97. The lowest BCUT2D eigenvalue weighted by molar-refractivity contribution is -0.0283. The monoisotopic (exact) mass is 507 g/mol. The molecule has 3 atom stereocenters. The molecule has 5 heteroatoms. The molecule has 37 heavy (non-hydrogen) atoms. The summed E-state index contributed by atoms with van der Waals surface area (Å²) >= 11 is 0. The lowest BCUT2D eigenvalue weighted by atomic mass is 9.90. The van der Waals surface area contributed by atoms with Crippen LogP contribution >= 0.6 is 0 Å². The molecule has 1 fully saturated rings. The van der Waals surface area contributed by atoms with Crippen LogP contribution in [0.15, 0.2) is 120 Å². The van der Waals surface area contributed by atoms with E-state index in [9.17, 15) is 0 Å². The molecule has 4 aromatic rings. The van der Waals surface area contributed by atoms with Gasteiger partial charge in [0.1, 0.15) is 11.9 Å². The number of nitrogens with zero attached hydrogens (tertiary/aromatic N) is 1. The second-order valence-corrected chi connectivity index (χ2v) is 12.7. The van der Waals surface area contributed by atoms with Gasteiger partial charge in [0.15, 0.2) is 5.90 Å². The van der Waals surface area contributed by atoms with E-state index in [0.29, 0.717) is 0 Å². The minimum absolute atomic E-state index is 0.0648. The van der Waals surface area contributed by atoms with Crippen molar-refractivity contribution < 1.29 is 13.9 Å². The predicted molar refractivity (Wildman–Crippen MR) is 153 cm³/mol. The van der Waals surface area contributed by atoms with E-state index < -0.39 is 8.32 Å². The normalized spacial score (nSPS) is 19.1. The summed E-state index contributed by atoms with van der Waals surface area (Å²) in [7, 11) is -1.15. The first-order chi connectivity index (χ1) is 18.2. The standard InChI is InChI=1S/C32H33NO3Si/c1-4-30-31(35-32(30)33-25-20-22-26(34-3)23-21-25)24(2)36-37(27-14-8-5-9-15-27,28-16-10-6-11-17-28)29-18-12-7-13-19-29/h5-24,30-31H,4H2,1-3H3/t24-,30+,31-/m0/s1. The van der Waals surface area contributed by atoms with Crippen LogP contribution in [0.3, 0.4) is 0 Å². The number of benzene rings is 4. The Bertz CT molecular complexity index is 1210. The van der Waals surface area contributed by atoms with Gasteiger partial charge in [0, 0.05) is 0 Å². The van der Waals surface area contributed by atoms with E-state index >= 15 is 0 Å². The minimum Gasteiger partial charge on any atom is -0.497 e. The maximum atomic E-state index is 7.30. The molecule has 0 amide bonds. The number of hydrogen-bond acceptors (Lipinski definition) is 4. The van der Waals surface area contributed by atoms with Crippen LogP contribution < -0.4 is 20.3 Å². The Morgan fingerprint density at radius 2 is 1.24 bits per heavy atom. The van der Waals surface area contributed by atoms with Crippen molar-refractivity contribution in [3.63, 3.8) is 0 Å². The zero-order chi connectivity index (χ0) is 25.7. The molecule has 0 unspecified atom stereocenters. The maximum absolute atomic E-state index is 7.30. The lowest BCUT2D eigenvalue weighted by Gasteiger charge is -2.45. The van der Waals surface area contributed by atoms with Crippen LogP contribution in [0.4, 0.5) is 5.69 Å². The fraction of sp³-hybridized carbons (Fsp3) is 0.219. The van der Waals surface area contributed by atoms with Gasteiger partial charge in [-0.2, -0.15) is 0 Å². The largest absolute Gasteiger partial charge is 0.497 e. The molecule has 0 radical (unpaired) electrons. The van der Waals surface area contributed by atoms with Crippen LogP contribution in [-0.4, -0.2) is 33.5 Å². The van der Waals surface area contributed by atoms with Crippen molar-refractivity contribution in [2.24, 2.45) is 10.9 Å². The van der Waals surface area contributed by atoms with Gasteiger partial charge in [-0.25, -0.2) is 4.99 Å². The Hall–Kier alpha value is -3.67. The second-order valence-electron chi connectivity index (χ2n) is 9.35. The van der Waals surface area contributed by atoms with Crippen molar-refractivity contribution in [2.45, 2.75) is 32.5 Å². The van der Waals surface area contributed by atoms with E-state index in [0.717, 1.165) is 23.8 Å². The fourth-order valence-corrected chi connectivity index (χ4v) is 9.25. The summed E-state index contributed by atoms with van der Waals surface area (Å²) in [5, 5.41) is 3.66. The Labute approximate surface area is 220 Å². The third-order valence-electron chi connectivity index (χ3n) is 7.09. The van der Waals surface area contributed by atoms with Gasteiger partial charge >= 0.3 is 0 Å². The summed E-state index contributed by atoms with van der Waals surface area (Å²) in [4.78, 5) is 4.79. The molecule has 0 aliphatic carbocycles. The predicted octanol–water partition coefficient (Wildman–Crippen LogP) is 5.22. The van der Waals surface area contributed by atoms with Gasteiger partial charge in [-0.05, 0) is 53.2 Å². The van der Waals surface area contributed by atoms with Gasteiger partial charge in [-0.1, -0.05) is 97.9 Å². The van der Waals surface area contributed by atoms with Gasteiger partial charge in [0.25, 0.3) is 8.32 Å². The number of methoxy groups -OCH3 is 1. The molecule has 1 saturated heterocycles. The Kier molecular flexibility index (Phi) is 7.54. The smallest absolute Gasteiger partial charge is 0.288 e. The molecule has 0 N–H and O–H groups in total. The zero-order valence-electron chi connectivity index (χ0n) is 21.6. The van der Waals surface area contributed by atoms with Crippen LogP contribution in [-0.2, 0) is 9.16 Å². The molecule has 4 nitrogen and oxygen atoms in total. The number of ether oxygens (including phenoxy) is 2. The topological polar surface area (TPSA) is 40.0 Å². The molecule has 1 heterocycles. The van der Waals surface area contributed by atoms with Crippen LogP contribution in [0.1, 0.15) is 20.3 Å². The summed E-state index contributed by atoms with van der Waals surface area (Å²) in [5.41, 5.74) is 0.864. The fourth-order valence-electron chi connectivity index (χ4n) is 5.17. The van der Waals surface area contributed by atoms with Gasteiger partial charge in [-0.15, -0.1) is 0 Å². The summed E-state index contributed by atoms with van der Waals surface area (Å²) < 4.78 is 18.9. The molecule has 4 aromatic carbocycles. The van der Waals surface area contributed by atoms with E-state index in [4.69, 9.17) is 18.9 Å². The Morgan fingerprint density at radius 3 is 1.68 bits per heavy atom.